The molecular weight excluding hydrogens is 441 g/mol. The molecule has 32 heavy (non-hydrogen) atoms. The van der Waals surface area contributed by atoms with Crippen LogP contribution in [0.25, 0.3) is 0 Å². The maximum Gasteiger partial charge on any atom is 0.330 e. The first-order chi connectivity index (χ1) is 15.0. The fourth-order valence-electron chi connectivity index (χ4n) is 3.27. The topological polar surface area (TPSA) is 139 Å². The predicted octanol–water partition coefficient (Wildman–Crippen LogP) is 1.37. The lowest BCUT2D eigenvalue weighted by Gasteiger charge is -2.22. The molecule has 1 heterocycles. The highest BCUT2D eigenvalue weighted by molar-refractivity contribution is 7.89. The van der Waals surface area contributed by atoms with Crippen molar-refractivity contribution in [3.05, 3.63) is 50.4 Å². The Hall–Kier alpha value is -2.99. The van der Waals surface area contributed by atoms with E-state index in [0.29, 0.717) is 6.42 Å². The summed E-state index contributed by atoms with van der Waals surface area (Å²) in [6.07, 6.45) is 1.40. The number of nitrogens with zero attached hydrogens (tertiary/aromatic N) is 3. The van der Waals surface area contributed by atoms with Gasteiger partial charge in [0.05, 0.1) is 0 Å². The molecule has 0 saturated heterocycles. The largest absolute Gasteiger partial charge is 0.383 e. The maximum absolute atomic E-state index is 14.4. The van der Waals surface area contributed by atoms with E-state index in [9.17, 15) is 27.2 Å². The molecule has 0 spiro atoms. The van der Waals surface area contributed by atoms with E-state index in [1.807, 2.05) is 6.92 Å². The Bertz CT molecular complexity index is 1220. The Morgan fingerprint density at radius 3 is 2.38 bits per heavy atom. The Morgan fingerprint density at radius 1 is 1.19 bits per heavy atom. The molecule has 2 rings (SSSR count). The number of sulfonamides is 1. The maximum atomic E-state index is 14.4. The van der Waals surface area contributed by atoms with Crippen LogP contribution in [0, 0.1) is 5.82 Å². The number of amides is 1. The molecule has 0 aliphatic rings. The molecular formula is C20H28FN5O5S. The van der Waals surface area contributed by atoms with Crippen molar-refractivity contribution in [3.8, 4) is 0 Å². The van der Waals surface area contributed by atoms with Crippen molar-refractivity contribution in [2.45, 2.75) is 45.1 Å². The van der Waals surface area contributed by atoms with Crippen LogP contribution in [0.1, 0.15) is 44.0 Å². The number of hydrogen-bond acceptors (Lipinski definition) is 6. The zero-order valence-corrected chi connectivity index (χ0v) is 19.3. The van der Waals surface area contributed by atoms with Gasteiger partial charge in [-0.3, -0.25) is 19.1 Å². The summed E-state index contributed by atoms with van der Waals surface area (Å²) >= 11 is 0. The van der Waals surface area contributed by atoms with Gasteiger partial charge < -0.3 is 10.6 Å². The van der Waals surface area contributed by atoms with Gasteiger partial charge in [0.25, 0.3) is 11.5 Å². The number of nitrogens with one attached hydrogen (secondary N) is 1. The Morgan fingerprint density at radius 2 is 1.81 bits per heavy atom. The second-order valence-corrected chi connectivity index (χ2v) is 9.00. The van der Waals surface area contributed by atoms with E-state index in [-0.39, 0.29) is 36.7 Å². The number of aromatic amines is 1. The molecule has 1 aromatic carbocycles. The summed E-state index contributed by atoms with van der Waals surface area (Å²) in [5.41, 5.74) is 4.04. The van der Waals surface area contributed by atoms with Gasteiger partial charge in [0.15, 0.2) is 5.69 Å². The van der Waals surface area contributed by atoms with Crippen LogP contribution in [-0.4, -0.2) is 48.3 Å². The molecule has 0 fully saturated rings. The van der Waals surface area contributed by atoms with E-state index in [0.717, 1.165) is 38.4 Å². The molecule has 0 saturated carbocycles. The molecule has 0 radical (unpaired) electrons. The number of nitrogen functional groups attached to an aromatic ring is 1. The molecule has 2 aromatic rings. The summed E-state index contributed by atoms with van der Waals surface area (Å²) in [6.45, 7) is 5.65. The van der Waals surface area contributed by atoms with E-state index in [2.05, 4.69) is 4.98 Å². The molecule has 3 N–H and O–H groups in total. The highest BCUT2D eigenvalue weighted by Gasteiger charge is 2.28. The van der Waals surface area contributed by atoms with Crippen molar-refractivity contribution in [3.63, 3.8) is 0 Å². The van der Waals surface area contributed by atoms with Gasteiger partial charge in [-0.15, -0.1) is 0 Å². The van der Waals surface area contributed by atoms with Crippen LogP contribution in [0.15, 0.2) is 32.7 Å². The SMILES string of the molecule is CCCCn1c(N)c(N(C)C(=O)c2ccc(F)c(S(=O)(=O)N(CC)CC)c2)c(=O)[nH]c1=O. The first-order valence-corrected chi connectivity index (χ1v) is 11.6. The molecule has 10 nitrogen and oxygen atoms in total. The smallest absolute Gasteiger partial charge is 0.330 e. The van der Waals surface area contributed by atoms with Crippen LogP contribution in [0.4, 0.5) is 15.9 Å². The van der Waals surface area contributed by atoms with Gasteiger partial charge >= 0.3 is 5.69 Å². The van der Waals surface area contributed by atoms with Gasteiger partial charge in [-0.25, -0.2) is 17.6 Å². The van der Waals surface area contributed by atoms with Crippen LogP contribution in [-0.2, 0) is 16.6 Å². The summed E-state index contributed by atoms with van der Waals surface area (Å²) in [4.78, 5) is 40.0. The molecule has 0 atom stereocenters. The minimum Gasteiger partial charge on any atom is -0.383 e. The lowest BCUT2D eigenvalue weighted by Crippen LogP contribution is -2.39. The van der Waals surface area contributed by atoms with Crippen molar-refractivity contribution in [1.82, 2.24) is 13.9 Å². The average molecular weight is 470 g/mol. The quantitative estimate of drug-likeness (QED) is 0.569. The molecule has 0 aliphatic heterocycles. The molecule has 1 amide bonds. The highest BCUT2D eigenvalue weighted by Crippen LogP contribution is 2.23. The van der Waals surface area contributed by atoms with Gasteiger partial charge in [0.1, 0.15) is 16.5 Å². The zero-order valence-electron chi connectivity index (χ0n) is 18.5. The van der Waals surface area contributed by atoms with Crippen LogP contribution in [0.3, 0.4) is 0 Å². The van der Waals surface area contributed by atoms with Crippen molar-refractivity contribution in [2.24, 2.45) is 0 Å². The first-order valence-electron chi connectivity index (χ1n) is 10.2. The predicted molar refractivity (Wildman–Crippen MR) is 120 cm³/mol. The fourth-order valence-corrected chi connectivity index (χ4v) is 4.82. The van der Waals surface area contributed by atoms with Crippen molar-refractivity contribution >= 4 is 27.4 Å². The molecule has 176 valence electrons. The van der Waals surface area contributed by atoms with Crippen LogP contribution >= 0.6 is 0 Å². The summed E-state index contributed by atoms with van der Waals surface area (Å²) in [6, 6.07) is 2.93. The Kier molecular flexibility index (Phi) is 7.97. The lowest BCUT2D eigenvalue weighted by molar-refractivity contribution is 0.0992. The molecule has 0 bridgehead atoms. The number of H-pyrrole nitrogens is 1. The molecule has 1 aromatic heterocycles. The van der Waals surface area contributed by atoms with Crippen molar-refractivity contribution in [2.75, 3.05) is 30.8 Å². The van der Waals surface area contributed by atoms with E-state index in [1.165, 1.54) is 7.05 Å². The van der Waals surface area contributed by atoms with Gasteiger partial charge in [-0.05, 0) is 24.6 Å². The minimum absolute atomic E-state index is 0.127. The van der Waals surface area contributed by atoms with Crippen molar-refractivity contribution in [1.29, 1.82) is 0 Å². The third-order valence-corrected chi connectivity index (χ3v) is 7.16. The Labute approximate surface area is 185 Å². The number of nitrogens with two attached hydrogens (primary N) is 1. The average Bonchev–Trinajstić information content (AvgIpc) is 2.73. The number of carbonyl (C=O) groups excluding carboxylic acids is 1. The normalized spacial score (nSPS) is 11.7. The monoisotopic (exact) mass is 469 g/mol. The second-order valence-electron chi connectivity index (χ2n) is 7.10. The molecule has 12 heteroatoms. The van der Waals surface area contributed by atoms with E-state index in [4.69, 9.17) is 5.73 Å². The third kappa shape index (κ3) is 4.75. The summed E-state index contributed by atoms with van der Waals surface area (Å²) < 4.78 is 42.1. The molecule has 0 aliphatic carbocycles. The number of carbonyl (C=O) groups is 1. The van der Waals surface area contributed by atoms with Crippen molar-refractivity contribution < 1.29 is 17.6 Å². The Balaban J connectivity index is 2.56. The third-order valence-electron chi connectivity index (χ3n) is 5.09. The molecule has 0 unspecified atom stereocenters. The van der Waals surface area contributed by atoms with Gasteiger partial charge in [-0.1, -0.05) is 27.2 Å². The number of anilines is 2. The summed E-state index contributed by atoms with van der Waals surface area (Å²) in [5, 5.41) is 0. The minimum atomic E-state index is -4.17. The second kappa shape index (κ2) is 10.1. The number of halogens is 1. The summed E-state index contributed by atoms with van der Waals surface area (Å²) in [7, 11) is -2.90. The van der Waals surface area contributed by atoms with E-state index in [1.54, 1.807) is 13.8 Å². The standard InChI is InChI=1S/C20H28FN5O5S/c1-5-8-11-26-17(22)16(18(27)23-20(26)29)24(4)19(28)13-9-10-14(21)15(12-13)32(30,31)25(6-2)7-3/h9-10,12H,5-8,11,22H2,1-4H3,(H,23,27,29). The highest BCUT2D eigenvalue weighted by atomic mass is 32.2. The van der Waals surface area contributed by atoms with Gasteiger partial charge in [0, 0.05) is 32.2 Å². The number of unbranched alkanes of at least 4 members (excludes halogenated alkanes) is 1. The lowest BCUT2D eigenvalue weighted by atomic mass is 10.2. The number of hydrogen-bond donors (Lipinski definition) is 2. The van der Waals surface area contributed by atoms with Gasteiger partial charge in [-0.2, -0.15) is 4.31 Å². The summed E-state index contributed by atoms with van der Waals surface area (Å²) in [5.74, 6) is -1.98. The van der Waals surface area contributed by atoms with Crippen LogP contribution < -0.4 is 21.9 Å². The van der Waals surface area contributed by atoms with Crippen LogP contribution in [0.2, 0.25) is 0 Å². The number of rotatable bonds is 9. The fraction of sp³-hybridized carbons (Fsp3) is 0.450. The first kappa shape index (κ1) is 25.3. The van der Waals surface area contributed by atoms with E-state index < -0.39 is 37.9 Å². The zero-order chi connectivity index (χ0) is 24.2. The van der Waals surface area contributed by atoms with Gasteiger partial charge in [0.2, 0.25) is 10.0 Å². The number of aromatic nitrogens is 2. The number of benzene rings is 1. The van der Waals surface area contributed by atoms with Crippen LogP contribution in [0.5, 0.6) is 0 Å². The van der Waals surface area contributed by atoms with E-state index >= 15 is 0 Å².